The van der Waals surface area contributed by atoms with Gasteiger partial charge in [-0.1, -0.05) is 18.6 Å². The second-order valence-corrected chi connectivity index (χ2v) is 8.26. The van der Waals surface area contributed by atoms with Gasteiger partial charge in [-0.3, -0.25) is 14.3 Å². The van der Waals surface area contributed by atoms with Crippen LogP contribution >= 0.6 is 0 Å². The maximum Gasteiger partial charge on any atom is 0.266 e. The minimum atomic E-state index is -3.77. The normalized spacial score (nSPS) is 14.3. The zero-order valence-corrected chi connectivity index (χ0v) is 16.3. The molecule has 1 aliphatic rings. The highest BCUT2D eigenvalue weighted by Gasteiger charge is 2.32. The molecule has 8 nitrogen and oxygen atoms in total. The number of hydrogen-bond donors (Lipinski definition) is 3. The van der Waals surface area contributed by atoms with Crippen LogP contribution in [-0.2, 0) is 14.8 Å². The monoisotopic (exact) mass is 405 g/mol. The largest absolute Gasteiger partial charge is 0.497 e. The molecule has 0 saturated carbocycles. The van der Waals surface area contributed by atoms with Crippen molar-refractivity contribution in [1.82, 2.24) is 5.48 Å². The van der Waals surface area contributed by atoms with Crippen molar-refractivity contribution in [3.05, 3.63) is 42.5 Å². The first-order chi connectivity index (χ1) is 13.5. The van der Waals surface area contributed by atoms with E-state index >= 15 is 0 Å². The molecule has 3 rings (SSSR count). The summed E-state index contributed by atoms with van der Waals surface area (Å²) in [6, 6.07) is 12.1. The number of sulfonamides is 1. The first kappa shape index (κ1) is 20.0. The average Bonchev–Trinajstić information content (AvgIpc) is 2.79. The second-order valence-electron chi connectivity index (χ2n) is 6.43. The summed E-state index contributed by atoms with van der Waals surface area (Å²) in [4.78, 5) is 11.3. The van der Waals surface area contributed by atoms with Crippen LogP contribution in [0.3, 0.4) is 0 Å². The molecule has 3 N–H and O–H groups in total. The number of nitrogens with one attached hydrogen (secondary N) is 2. The Kier molecular flexibility index (Phi) is 6.05. The van der Waals surface area contributed by atoms with Crippen molar-refractivity contribution in [3.63, 3.8) is 0 Å². The van der Waals surface area contributed by atoms with Gasteiger partial charge in [-0.15, -0.1) is 0 Å². The highest BCUT2D eigenvalue weighted by molar-refractivity contribution is 7.93. The van der Waals surface area contributed by atoms with Crippen LogP contribution in [0.4, 0.5) is 17.1 Å². The fraction of sp³-hybridized carbons (Fsp3) is 0.316. The summed E-state index contributed by atoms with van der Waals surface area (Å²) in [5, 5.41) is 11.7. The van der Waals surface area contributed by atoms with E-state index in [0.29, 0.717) is 42.1 Å². The van der Waals surface area contributed by atoms with Gasteiger partial charge < -0.3 is 10.1 Å². The van der Waals surface area contributed by atoms with E-state index in [0.717, 1.165) is 0 Å². The highest BCUT2D eigenvalue weighted by Crippen LogP contribution is 2.41. The Morgan fingerprint density at radius 1 is 1.14 bits per heavy atom. The molecule has 0 spiro atoms. The SMILES string of the molecule is COc1ccc2c(c1)N(CCCCCC(=O)NO)S(=O)(=O)c1ccccc1N2. The summed E-state index contributed by atoms with van der Waals surface area (Å²) in [6.45, 7) is 0.263. The van der Waals surface area contributed by atoms with Gasteiger partial charge >= 0.3 is 0 Å². The number of para-hydroxylation sites is 1. The van der Waals surface area contributed by atoms with Crippen LogP contribution in [0, 0.1) is 0 Å². The van der Waals surface area contributed by atoms with Crippen molar-refractivity contribution in [3.8, 4) is 5.75 Å². The van der Waals surface area contributed by atoms with Gasteiger partial charge in [0.2, 0.25) is 5.91 Å². The number of rotatable bonds is 7. The maximum atomic E-state index is 13.4. The number of carbonyl (C=O) groups excluding carboxylic acids is 1. The van der Waals surface area contributed by atoms with Gasteiger partial charge in [0.15, 0.2) is 0 Å². The molecule has 150 valence electrons. The zero-order valence-electron chi connectivity index (χ0n) is 15.5. The van der Waals surface area contributed by atoms with Crippen molar-refractivity contribution in [2.24, 2.45) is 0 Å². The van der Waals surface area contributed by atoms with Gasteiger partial charge in [0.1, 0.15) is 10.6 Å². The molecule has 0 radical (unpaired) electrons. The first-order valence-corrected chi connectivity index (χ1v) is 10.4. The molecule has 9 heteroatoms. The lowest BCUT2D eigenvalue weighted by Gasteiger charge is -2.24. The van der Waals surface area contributed by atoms with Gasteiger partial charge in [-0.05, 0) is 37.1 Å². The minimum absolute atomic E-state index is 0.193. The Morgan fingerprint density at radius 3 is 2.68 bits per heavy atom. The quantitative estimate of drug-likeness (QED) is 0.371. The van der Waals surface area contributed by atoms with Gasteiger partial charge in [0.25, 0.3) is 10.0 Å². The third-order valence-electron chi connectivity index (χ3n) is 4.59. The molecule has 0 atom stereocenters. The molecule has 2 aromatic carbocycles. The number of hydroxylamine groups is 1. The third-order valence-corrected chi connectivity index (χ3v) is 6.46. The molecule has 0 bridgehead atoms. The van der Waals surface area contributed by atoms with Crippen LogP contribution in [0.15, 0.2) is 47.4 Å². The summed E-state index contributed by atoms with van der Waals surface area (Å²) in [5.74, 6) is 0.113. The molecular formula is C19H23N3O5S. The Labute approximate surface area is 164 Å². The van der Waals surface area contributed by atoms with Crippen molar-refractivity contribution in [2.75, 3.05) is 23.3 Å². The number of hydrogen-bond acceptors (Lipinski definition) is 6. The lowest BCUT2D eigenvalue weighted by Crippen LogP contribution is -2.31. The summed E-state index contributed by atoms with van der Waals surface area (Å²) in [5.41, 5.74) is 3.31. The van der Waals surface area contributed by atoms with Gasteiger partial charge in [0, 0.05) is 19.0 Å². The summed E-state index contributed by atoms with van der Waals surface area (Å²) in [7, 11) is -2.24. The van der Waals surface area contributed by atoms with E-state index in [1.165, 1.54) is 11.4 Å². The topological polar surface area (TPSA) is 108 Å². The van der Waals surface area contributed by atoms with E-state index in [2.05, 4.69) is 5.32 Å². The summed E-state index contributed by atoms with van der Waals surface area (Å²) >= 11 is 0. The number of methoxy groups -OCH3 is 1. The number of anilines is 3. The minimum Gasteiger partial charge on any atom is -0.497 e. The third kappa shape index (κ3) is 4.05. The molecule has 0 fully saturated rings. The lowest BCUT2D eigenvalue weighted by atomic mass is 10.2. The highest BCUT2D eigenvalue weighted by atomic mass is 32.2. The molecule has 0 aromatic heterocycles. The number of nitrogens with zero attached hydrogens (tertiary/aromatic N) is 1. The maximum absolute atomic E-state index is 13.4. The van der Waals surface area contributed by atoms with Crippen LogP contribution in [0.25, 0.3) is 0 Å². The number of ether oxygens (including phenoxy) is 1. The molecule has 0 saturated heterocycles. The van der Waals surface area contributed by atoms with Crippen LogP contribution in [0.5, 0.6) is 5.75 Å². The van der Waals surface area contributed by atoms with Gasteiger partial charge in [-0.2, -0.15) is 0 Å². The van der Waals surface area contributed by atoms with Crippen molar-refractivity contribution < 1.29 is 23.2 Å². The predicted octanol–water partition coefficient (Wildman–Crippen LogP) is 3.01. The molecule has 1 heterocycles. The van der Waals surface area contributed by atoms with E-state index in [1.807, 2.05) is 0 Å². The molecule has 0 unspecified atom stereocenters. The Bertz CT molecular complexity index is 962. The molecule has 28 heavy (non-hydrogen) atoms. The molecular weight excluding hydrogens is 382 g/mol. The fourth-order valence-corrected chi connectivity index (χ4v) is 4.82. The molecule has 1 amide bonds. The van der Waals surface area contributed by atoms with Crippen LogP contribution in [-0.4, -0.2) is 33.2 Å². The average molecular weight is 405 g/mol. The smallest absolute Gasteiger partial charge is 0.266 e. The van der Waals surface area contributed by atoms with Crippen molar-refractivity contribution >= 4 is 33.0 Å². The molecule has 1 aliphatic heterocycles. The van der Waals surface area contributed by atoms with Gasteiger partial charge in [0.05, 0.1) is 24.2 Å². The molecule has 0 aliphatic carbocycles. The summed E-state index contributed by atoms with van der Waals surface area (Å²) < 4.78 is 33.4. The van der Waals surface area contributed by atoms with E-state index in [-0.39, 0.29) is 17.9 Å². The first-order valence-electron chi connectivity index (χ1n) is 8.97. The van der Waals surface area contributed by atoms with E-state index in [4.69, 9.17) is 9.94 Å². The Balaban J connectivity index is 1.90. The van der Waals surface area contributed by atoms with E-state index < -0.39 is 15.9 Å². The van der Waals surface area contributed by atoms with Crippen molar-refractivity contribution in [2.45, 2.75) is 30.6 Å². The molecule has 2 aromatic rings. The van der Waals surface area contributed by atoms with Crippen LogP contribution < -0.4 is 19.8 Å². The standard InChI is InChI=1S/C19H23N3O5S/c1-27-14-10-11-15-17(13-14)22(12-6-2-3-9-19(23)21-24)28(25,26)18-8-5-4-7-16(18)20-15/h4-5,7-8,10-11,13,20,24H,2-3,6,9,12H2,1H3,(H,21,23). The predicted molar refractivity (Wildman–Crippen MR) is 106 cm³/mol. The summed E-state index contributed by atoms with van der Waals surface area (Å²) in [6.07, 6.45) is 1.96. The number of amides is 1. The van der Waals surface area contributed by atoms with E-state index in [1.54, 1.807) is 47.9 Å². The lowest BCUT2D eigenvalue weighted by molar-refractivity contribution is -0.129. The fourth-order valence-electron chi connectivity index (χ4n) is 3.15. The van der Waals surface area contributed by atoms with Crippen molar-refractivity contribution in [1.29, 1.82) is 0 Å². The van der Waals surface area contributed by atoms with Crippen LogP contribution in [0.1, 0.15) is 25.7 Å². The van der Waals surface area contributed by atoms with Gasteiger partial charge in [-0.25, -0.2) is 13.9 Å². The zero-order chi connectivity index (χ0) is 20.1. The number of carbonyl (C=O) groups is 1. The number of unbranched alkanes of at least 4 members (excludes halogenated alkanes) is 2. The second kappa shape index (κ2) is 8.49. The Morgan fingerprint density at radius 2 is 1.93 bits per heavy atom. The number of fused-ring (bicyclic) bond motifs is 2. The Hall–Kier alpha value is -2.78. The van der Waals surface area contributed by atoms with E-state index in [9.17, 15) is 13.2 Å². The number of benzene rings is 2. The van der Waals surface area contributed by atoms with Crippen LogP contribution in [0.2, 0.25) is 0 Å².